The van der Waals surface area contributed by atoms with Gasteiger partial charge < -0.3 is 4.74 Å². The number of benzene rings is 1. The zero-order chi connectivity index (χ0) is 9.80. The molecule has 1 aromatic rings. The third-order valence-corrected chi connectivity index (χ3v) is 2.32. The third-order valence-electron chi connectivity index (χ3n) is 2.32. The summed E-state index contributed by atoms with van der Waals surface area (Å²) >= 11 is 0. The van der Waals surface area contributed by atoms with E-state index in [1.54, 1.807) is 0 Å². The summed E-state index contributed by atoms with van der Waals surface area (Å²) in [5.41, 5.74) is 2.46. The second kappa shape index (κ2) is 4.14. The van der Waals surface area contributed by atoms with Gasteiger partial charge in [-0.25, -0.2) is 0 Å². The molecule has 14 heavy (non-hydrogen) atoms. The van der Waals surface area contributed by atoms with Gasteiger partial charge >= 0.3 is 0 Å². The topological polar surface area (TPSA) is 9.23 Å². The molecule has 0 N–H and O–H groups in total. The van der Waals surface area contributed by atoms with E-state index in [1.165, 1.54) is 11.1 Å². The lowest BCUT2D eigenvalue weighted by molar-refractivity contribution is 0.355. The normalized spacial score (nSPS) is 14.1. The molecule has 0 bridgehead atoms. The number of ether oxygens (including phenoxy) is 1. The van der Waals surface area contributed by atoms with Crippen molar-refractivity contribution >= 4 is 6.08 Å². The summed E-state index contributed by atoms with van der Waals surface area (Å²) in [4.78, 5) is 0. The van der Waals surface area contributed by atoms with E-state index in [2.05, 4.69) is 36.4 Å². The van der Waals surface area contributed by atoms with Gasteiger partial charge in [-0.1, -0.05) is 36.4 Å². The van der Waals surface area contributed by atoms with E-state index in [9.17, 15) is 0 Å². The Hall–Kier alpha value is -1.50. The molecule has 1 aliphatic heterocycles. The predicted molar refractivity (Wildman–Crippen MR) is 59.5 cm³/mol. The Morgan fingerprint density at radius 2 is 2.36 bits per heavy atom. The standard InChI is InChI=1S/C13H14O/c1-2-3-6-11-7-4-8-12-9-5-10-14-13(11)12/h2-5,7-9H,6,10H2,1H3/b3-2+. The van der Waals surface area contributed by atoms with E-state index in [1.807, 2.05) is 13.0 Å². The molecule has 1 nitrogen and oxygen atoms in total. The SMILES string of the molecule is C/C=C/Cc1cccc2c1OCC=C2. The Morgan fingerprint density at radius 3 is 3.21 bits per heavy atom. The van der Waals surface area contributed by atoms with Gasteiger partial charge in [0.1, 0.15) is 12.4 Å². The lowest BCUT2D eigenvalue weighted by Crippen LogP contribution is -2.03. The Kier molecular flexibility index (Phi) is 2.68. The summed E-state index contributed by atoms with van der Waals surface area (Å²) in [5.74, 6) is 1.05. The summed E-state index contributed by atoms with van der Waals surface area (Å²) in [6, 6.07) is 6.29. The molecule has 2 rings (SSSR count). The van der Waals surface area contributed by atoms with Crippen molar-refractivity contribution in [3.8, 4) is 5.75 Å². The summed E-state index contributed by atoms with van der Waals surface area (Å²) < 4.78 is 5.63. The average Bonchev–Trinajstić information content (AvgIpc) is 2.26. The monoisotopic (exact) mass is 186 g/mol. The maximum Gasteiger partial charge on any atom is 0.130 e. The summed E-state index contributed by atoms with van der Waals surface area (Å²) in [6.07, 6.45) is 9.34. The van der Waals surface area contributed by atoms with Crippen molar-refractivity contribution in [2.45, 2.75) is 13.3 Å². The molecule has 0 saturated heterocycles. The molecule has 0 saturated carbocycles. The highest BCUT2D eigenvalue weighted by molar-refractivity contribution is 5.62. The number of para-hydroxylation sites is 1. The fraction of sp³-hybridized carbons (Fsp3) is 0.231. The van der Waals surface area contributed by atoms with Crippen molar-refractivity contribution in [1.82, 2.24) is 0 Å². The van der Waals surface area contributed by atoms with E-state index in [4.69, 9.17) is 4.74 Å². The van der Waals surface area contributed by atoms with Crippen LogP contribution in [0.3, 0.4) is 0 Å². The maximum absolute atomic E-state index is 5.63. The highest BCUT2D eigenvalue weighted by Crippen LogP contribution is 2.28. The van der Waals surface area contributed by atoms with Crippen LogP contribution < -0.4 is 4.74 Å². The van der Waals surface area contributed by atoms with E-state index in [0.29, 0.717) is 6.61 Å². The van der Waals surface area contributed by atoms with E-state index in [-0.39, 0.29) is 0 Å². The van der Waals surface area contributed by atoms with Gasteiger partial charge in [0.25, 0.3) is 0 Å². The zero-order valence-corrected chi connectivity index (χ0v) is 8.36. The first kappa shape index (κ1) is 9.07. The van der Waals surface area contributed by atoms with Crippen LogP contribution >= 0.6 is 0 Å². The number of rotatable bonds is 2. The van der Waals surface area contributed by atoms with Gasteiger partial charge in [-0.3, -0.25) is 0 Å². The fourth-order valence-corrected chi connectivity index (χ4v) is 1.62. The van der Waals surface area contributed by atoms with Crippen LogP contribution in [0.4, 0.5) is 0 Å². The second-order valence-corrected chi connectivity index (χ2v) is 3.32. The van der Waals surface area contributed by atoms with Gasteiger partial charge in [0.2, 0.25) is 0 Å². The molecule has 0 unspecified atom stereocenters. The molecule has 1 heteroatoms. The van der Waals surface area contributed by atoms with Gasteiger partial charge in [-0.2, -0.15) is 0 Å². The van der Waals surface area contributed by atoms with Crippen LogP contribution in [0.1, 0.15) is 18.1 Å². The van der Waals surface area contributed by atoms with Crippen LogP contribution in [0.5, 0.6) is 5.75 Å². The molecule has 72 valence electrons. The molecule has 0 atom stereocenters. The van der Waals surface area contributed by atoms with Crippen LogP contribution in [-0.4, -0.2) is 6.61 Å². The molecule has 0 fully saturated rings. The molecule has 1 heterocycles. The molecule has 0 aliphatic carbocycles. The predicted octanol–water partition coefficient (Wildman–Crippen LogP) is 3.21. The molecular formula is C13H14O. The van der Waals surface area contributed by atoms with Gasteiger partial charge in [0, 0.05) is 5.56 Å². The van der Waals surface area contributed by atoms with Crippen LogP contribution in [0.2, 0.25) is 0 Å². The zero-order valence-electron chi connectivity index (χ0n) is 8.36. The Bertz CT molecular complexity index is 375. The van der Waals surface area contributed by atoms with E-state index in [0.717, 1.165) is 12.2 Å². The average molecular weight is 186 g/mol. The molecule has 1 aromatic carbocycles. The van der Waals surface area contributed by atoms with E-state index >= 15 is 0 Å². The summed E-state index contributed by atoms with van der Waals surface area (Å²) in [5, 5.41) is 0. The van der Waals surface area contributed by atoms with Crippen LogP contribution in [0.15, 0.2) is 36.4 Å². The minimum Gasteiger partial charge on any atom is -0.489 e. The molecule has 0 aromatic heterocycles. The first-order valence-corrected chi connectivity index (χ1v) is 4.94. The Balaban J connectivity index is 2.36. The summed E-state index contributed by atoms with van der Waals surface area (Å²) in [6.45, 7) is 2.73. The van der Waals surface area contributed by atoms with Gasteiger partial charge in [0.15, 0.2) is 0 Å². The maximum atomic E-state index is 5.63. The number of hydrogen-bond donors (Lipinski definition) is 0. The number of fused-ring (bicyclic) bond motifs is 1. The first-order chi connectivity index (χ1) is 6.92. The number of allylic oxidation sites excluding steroid dienone is 2. The Morgan fingerprint density at radius 1 is 1.43 bits per heavy atom. The van der Waals surface area contributed by atoms with Crippen LogP contribution in [0.25, 0.3) is 6.08 Å². The highest BCUT2D eigenvalue weighted by atomic mass is 16.5. The molecule has 0 amide bonds. The van der Waals surface area contributed by atoms with Crippen LogP contribution in [-0.2, 0) is 6.42 Å². The van der Waals surface area contributed by atoms with Gasteiger partial charge in [-0.15, -0.1) is 0 Å². The first-order valence-electron chi connectivity index (χ1n) is 4.94. The van der Waals surface area contributed by atoms with Crippen LogP contribution in [0, 0.1) is 0 Å². The smallest absolute Gasteiger partial charge is 0.130 e. The van der Waals surface area contributed by atoms with Gasteiger partial charge in [0.05, 0.1) is 0 Å². The Labute approximate surface area is 84.7 Å². The van der Waals surface area contributed by atoms with Crippen molar-refractivity contribution < 1.29 is 4.74 Å². The lowest BCUT2D eigenvalue weighted by atomic mass is 10.0. The minimum atomic E-state index is 0.694. The highest BCUT2D eigenvalue weighted by Gasteiger charge is 2.08. The minimum absolute atomic E-state index is 0.694. The summed E-state index contributed by atoms with van der Waals surface area (Å²) in [7, 11) is 0. The van der Waals surface area contributed by atoms with Gasteiger partial charge in [-0.05, 0) is 25.0 Å². The van der Waals surface area contributed by atoms with Crippen molar-refractivity contribution in [3.05, 3.63) is 47.6 Å². The molecular weight excluding hydrogens is 172 g/mol. The number of hydrogen-bond acceptors (Lipinski definition) is 1. The van der Waals surface area contributed by atoms with Crippen molar-refractivity contribution in [2.24, 2.45) is 0 Å². The molecule has 0 radical (unpaired) electrons. The second-order valence-electron chi connectivity index (χ2n) is 3.32. The fourth-order valence-electron chi connectivity index (χ4n) is 1.62. The van der Waals surface area contributed by atoms with Crippen molar-refractivity contribution in [3.63, 3.8) is 0 Å². The lowest BCUT2D eigenvalue weighted by Gasteiger charge is -2.15. The molecule has 0 spiro atoms. The third kappa shape index (κ3) is 1.72. The largest absolute Gasteiger partial charge is 0.489 e. The van der Waals surface area contributed by atoms with Crippen molar-refractivity contribution in [1.29, 1.82) is 0 Å². The van der Waals surface area contributed by atoms with Crippen molar-refractivity contribution in [2.75, 3.05) is 6.61 Å². The molecule has 1 aliphatic rings. The van der Waals surface area contributed by atoms with E-state index < -0.39 is 0 Å². The quantitative estimate of drug-likeness (QED) is 0.644.